The number of hydrogen-bond acceptors (Lipinski definition) is 4. The first-order valence-corrected chi connectivity index (χ1v) is 23.2. The summed E-state index contributed by atoms with van der Waals surface area (Å²) in [6, 6.07) is 84.6. The highest BCUT2D eigenvalue weighted by Crippen LogP contribution is 2.64. The van der Waals surface area contributed by atoms with Gasteiger partial charge in [0, 0.05) is 21.9 Å². The Balaban J connectivity index is 0.836. The summed E-state index contributed by atoms with van der Waals surface area (Å²) in [6.45, 7) is 0. The highest BCUT2D eigenvalue weighted by Gasteiger charge is 2.52. The third kappa shape index (κ3) is 5.71. The SMILES string of the molecule is c1ccc(-c2ccc3oc4c(-c5nc(-c6ccccc6)nc(-c6ccc(-c7ccc(-c8cccc9c8C8(c%10ccccc%10-c%10ccccc%108)c8ccccc8-9)cc7)cc6)n5)cccc4c3c2)cc1. The van der Waals surface area contributed by atoms with Gasteiger partial charge in [0.15, 0.2) is 17.5 Å². The summed E-state index contributed by atoms with van der Waals surface area (Å²) >= 11 is 0. The summed E-state index contributed by atoms with van der Waals surface area (Å²) in [4.78, 5) is 15.3. The predicted octanol–water partition coefficient (Wildman–Crippen LogP) is 16.1. The lowest BCUT2D eigenvalue weighted by Gasteiger charge is -2.32. The molecule has 0 saturated heterocycles. The van der Waals surface area contributed by atoms with Crippen LogP contribution in [0.15, 0.2) is 241 Å². The lowest BCUT2D eigenvalue weighted by Crippen LogP contribution is -2.26. The zero-order chi connectivity index (χ0) is 44.8. The first-order chi connectivity index (χ1) is 33.7. The molecule has 12 aromatic rings. The van der Waals surface area contributed by atoms with Crippen molar-refractivity contribution in [1.82, 2.24) is 15.0 Å². The van der Waals surface area contributed by atoms with Gasteiger partial charge in [-0.05, 0) is 96.1 Å². The molecule has 0 radical (unpaired) electrons. The number of rotatable bonds is 6. The van der Waals surface area contributed by atoms with Crippen molar-refractivity contribution >= 4 is 21.9 Å². The second-order valence-corrected chi connectivity index (χ2v) is 17.8. The fourth-order valence-corrected chi connectivity index (χ4v) is 11.2. The molecule has 0 saturated carbocycles. The molecule has 10 aromatic carbocycles. The van der Waals surface area contributed by atoms with Crippen molar-refractivity contribution in [3.05, 3.63) is 259 Å². The van der Waals surface area contributed by atoms with Crippen LogP contribution < -0.4 is 0 Å². The smallest absolute Gasteiger partial charge is 0.167 e. The normalized spacial score (nSPS) is 12.8. The highest BCUT2D eigenvalue weighted by molar-refractivity contribution is 6.10. The first kappa shape index (κ1) is 38.3. The number of hydrogen-bond donors (Lipinski definition) is 0. The van der Waals surface area contributed by atoms with E-state index < -0.39 is 5.41 Å². The van der Waals surface area contributed by atoms with E-state index >= 15 is 0 Å². The van der Waals surface area contributed by atoms with Crippen LogP contribution in [0.3, 0.4) is 0 Å². The molecule has 1 spiro atoms. The largest absolute Gasteiger partial charge is 0.455 e. The number of aromatic nitrogens is 3. The van der Waals surface area contributed by atoms with E-state index in [0.717, 1.165) is 60.9 Å². The van der Waals surface area contributed by atoms with E-state index in [1.54, 1.807) is 0 Å². The van der Waals surface area contributed by atoms with Crippen LogP contribution in [-0.2, 0) is 5.41 Å². The lowest BCUT2D eigenvalue weighted by atomic mass is 9.68. The monoisotopic (exact) mass is 865 g/mol. The van der Waals surface area contributed by atoms with Crippen molar-refractivity contribution in [3.8, 4) is 89.8 Å². The van der Waals surface area contributed by atoms with Crippen molar-refractivity contribution < 1.29 is 4.42 Å². The van der Waals surface area contributed by atoms with Crippen molar-refractivity contribution in [3.63, 3.8) is 0 Å². The quantitative estimate of drug-likeness (QED) is 0.167. The van der Waals surface area contributed by atoms with Crippen LogP contribution >= 0.6 is 0 Å². The molecule has 0 unspecified atom stereocenters. The fraction of sp³-hybridized carbons (Fsp3) is 0.0156. The number of furan rings is 1. The van der Waals surface area contributed by atoms with Gasteiger partial charge in [0.05, 0.1) is 11.0 Å². The van der Waals surface area contributed by atoms with Gasteiger partial charge in [-0.25, -0.2) is 15.0 Å². The number of fused-ring (bicyclic) bond motifs is 13. The summed E-state index contributed by atoms with van der Waals surface area (Å²) in [5, 5.41) is 2.07. The van der Waals surface area contributed by atoms with E-state index in [1.807, 2.05) is 42.5 Å². The zero-order valence-corrected chi connectivity index (χ0v) is 36.8. The highest BCUT2D eigenvalue weighted by atomic mass is 16.3. The Bertz CT molecular complexity index is 3880. The molecule has 68 heavy (non-hydrogen) atoms. The Morgan fingerprint density at radius 2 is 0.706 bits per heavy atom. The maximum Gasteiger partial charge on any atom is 0.167 e. The van der Waals surface area contributed by atoms with Crippen LogP contribution in [0.1, 0.15) is 22.3 Å². The molecule has 316 valence electrons. The molecule has 0 bridgehead atoms. The third-order valence-electron chi connectivity index (χ3n) is 14.2. The van der Waals surface area contributed by atoms with Crippen molar-refractivity contribution in [2.75, 3.05) is 0 Å². The van der Waals surface area contributed by atoms with E-state index in [1.165, 1.54) is 55.6 Å². The van der Waals surface area contributed by atoms with E-state index in [4.69, 9.17) is 19.4 Å². The van der Waals surface area contributed by atoms with Gasteiger partial charge in [-0.3, -0.25) is 0 Å². The molecule has 2 aliphatic rings. The maximum atomic E-state index is 6.61. The van der Waals surface area contributed by atoms with Gasteiger partial charge in [-0.2, -0.15) is 0 Å². The van der Waals surface area contributed by atoms with Gasteiger partial charge in [0.1, 0.15) is 11.2 Å². The van der Waals surface area contributed by atoms with E-state index in [9.17, 15) is 0 Å². The third-order valence-corrected chi connectivity index (χ3v) is 14.2. The molecule has 4 nitrogen and oxygen atoms in total. The Hall–Kier alpha value is -8.99. The minimum Gasteiger partial charge on any atom is -0.455 e. The molecule has 0 fully saturated rings. The second-order valence-electron chi connectivity index (χ2n) is 17.8. The number of nitrogens with zero attached hydrogens (tertiary/aromatic N) is 3. The Morgan fingerprint density at radius 1 is 0.279 bits per heavy atom. The summed E-state index contributed by atoms with van der Waals surface area (Å²) in [7, 11) is 0. The zero-order valence-electron chi connectivity index (χ0n) is 36.8. The van der Waals surface area contributed by atoms with Gasteiger partial charge in [0.25, 0.3) is 0 Å². The molecular weight excluding hydrogens is 827 g/mol. The lowest BCUT2D eigenvalue weighted by molar-refractivity contribution is 0.669. The van der Waals surface area contributed by atoms with Gasteiger partial charge in [-0.1, -0.05) is 218 Å². The second kappa shape index (κ2) is 15.0. The molecule has 0 atom stereocenters. The molecule has 0 amide bonds. The van der Waals surface area contributed by atoms with Crippen LogP contribution in [0.4, 0.5) is 0 Å². The Morgan fingerprint density at radius 3 is 1.34 bits per heavy atom. The van der Waals surface area contributed by atoms with Crippen LogP contribution in [-0.4, -0.2) is 15.0 Å². The summed E-state index contributed by atoms with van der Waals surface area (Å²) < 4.78 is 6.61. The summed E-state index contributed by atoms with van der Waals surface area (Å²) in [6.07, 6.45) is 0. The van der Waals surface area contributed by atoms with E-state index in [2.05, 4.69) is 194 Å². The Kier molecular flexibility index (Phi) is 8.46. The molecule has 14 rings (SSSR count). The average Bonchev–Trinajstić information content (AvgIpc) is 4.05. The van der Waals surface area contributed by atoms with Gasteiger partial charge in [0.2, 0.25) is 0 Å². The van der Waals surface area contributed by atoms with Crippen molar-refractivity contribution in [2.24, 2.45) is 0 Å². The van der Waals surface area contributed by atoms with Crippen LogP contribution in [0.2, 0.25) is 0 Å². The number of benzene rings is 10. The topological polar surface area (TPSA) is 51.8 Å². The molecule has 2 aromatic heterocycles. The maximum absolute atomic E-state index is 6.61. The predicted molar refractivity (Wildman–Crippen MR) is 276 cm³/mol. The minimum atomic E-state index is -0.412. The van der Waals surface area contributed by atoms with Crippen molar-refractivity contribution in [2.45, 2.75) is 5.41 Å². The molecule has 0 aliphatic heterocycles. The van der Waals surface area contributed by atoms with Crippen molar-refractivity contribution in [1.29, 1.82) is 0 Å². The van der Waals surface area contributed by atoms with Gasteiger partial charge in [-0.15, -0.1) is 0 Å². The first-order valence-electron chi connectivity index (χ1n) is 23.2. The molecule has 4 heteroatoms. The summed E-state index contributed by atoms with van der Waals surface area (Å²) in [5.41, 5.74) is 21.4. The molecule has 0 N–H and O–H groups in total. The van der Waals surface area contributed by atoms with E-state index in [-0.39, 0.29) is 0 Å². The number of para-hydroxylation sites is 1. The van der Waals surface area contributed by atoms with Crippen LogP contribution in [0.25, 0.3) is 112 Å². The van der Waals surface area contributed by atoms with E-state index in [0.29, 0.717) is 17.5 Å². The molecule has 2 heterocycles. The average molecular weight is 866 g/mol. The molecule has 2 aliphatic carbocycles. The van der Waals surface area contributed by atoms with Gasteiger partial charge >= 0.3 is 0 Å². The van der Waals surface area contributed by atoms with Crippen LogP contribution in [0.5, 0.6) is 0 Å². The van der Waals surface area contributed by atoms with Gasteiger partial charge < -0.3 is 4.42 Å². The van der Waals surface area contributed by atoms with Crippen LogP contribution in [0, 0.1) is 0 Å². The molecular formula is C64H39N3O. The standard InChI is InChI=1S/C64H39N3O/c1-3-15-40(16-4-1)46-37-38-58-54(39-46)52-24-14-25-53(60(52)68-58)63-66-61(44-17-5-2-6-18-44)65-62(67-63)45-35-31-42(32-36-45)41-29-33-43(34-30-41)47-22-13-23-51-50-21-9-12-28-57(50)64(59(47)51)55-26-10-7-19-48(55)49-20-8-11-27-56(49)64/h1-39H. The summed E-state index contributed by atoms with van der Waals surface area (Å²) in [5.74, 6) is 1.76. The Labute approximate surface area is 393 Å². The minimum absolute atomic E-state index is 0.412. The fourth-order valence-electron chi connectivity index (χ4n) is 11.2.